The van der Waals surface area contributed by atoms with Gasteiger partial charge in [-0.1, -0.05) is 24.3 Å². The molecule has 0 atom stereocenters. The molecule has 2 amide bonds. The predicted molar refractivity (Wildman–Crippen MR) is 126 cm³/mol. The van der Waals surface area contributed by atoms with Crippen molar-refractivity contribution in [1.29, 1.82) is 0 Å². The number of hydrogen-bond donors (Lipinski definition) is 1. The van der Waals surface area contributed by atoms with Crippen LogP contribution in [0.5, 0.6) is 0 Å². The molecule has 31 heavy (non-hydrogen) atoms. The van der Waals surface area contributed by atoms with Crippen molar-refractivity contribution in [3.05, 3.63) is 70.8 Å². The molecule has 1 aromatic heterocycles. The molecule has 1 saturated heterocycles. The number of piperazine rings is 1. The molecule has 0 aliphatic carbocycles. The van der Waals surface area contributed by atoms with Crippen LogP contribution in [0.1, 0.15) is 22.3 Å². The monoisotopic (exact) mass is 415 g/mol. The second-order valence-electron chi connectivity index (χ2n) is 8.23. The molecule has 6 heteroatoms. The third-order valence-electron chi connectivity index (χ3n) is 6.19. The topological polar surface area (TPSA) is 61.4 Å². The van der Waals surface area contributed by atoms with Crippen LogP contribution in [-0.2, 0) is 0 Å². The van der Waals surface area contributed by atoms with E-state index >= 15 is 0 Å². The summed E-state index contributed by atoms with van der Waals surface area (Å²) in [6, 6.07) is 16.3. The third kappa shape index (κ3) is 4.53. The Kier molecular flexibility index (Phi) is 5.89. The summed E-state index contributed by atoms with van der Waals surface area (Å²) in [6.07, 6.45) is 0. The molecule has 2 aromatic carbocycles. The zero-order valence-electron chi connectivity index (χ0n) is 18.6. The summed E-state index contributed by atoms with van der Waals surface area (Å²) < 4.78 is 0. The highest BCUT2D eigenvalue weighted by Crippen LogP contribution is 2.22. The smallest absolute Gasteiger partial charge is 0.321 e. The number of anilines is 2. The highest BCUT2D eigenvalue weighted by atomic mass is 16.2. The van der Waals surface area contributed by atoms with Crippen LogP contribution >= 0.6 is 0 Å². The number of benzene rings is 2. The molecule has 0 bridgehead atoms. The van der Waals surface area contributed by atoms with Crippen molar-refractivity contribution in [3.8, 4) is 11.3 Å². The number of carbonyl (C=O) groups excluding carboxylic acids is 1. The minimum Gasteiger partial charge on any atom is -0.352 e. The first kappa shape index (κ1) is 20.8. The lowest BCUT2D eigenvalue weighted by atomic mass is 10.0. The second-order valence-corrected chi connectivity index (χ2v) is 8.23. The van der Waals surface area contributed by atoms with Gasteiger partial charge in [0.15, 0.2) is 5.82 Å². The van der Waals surface area contributed by atoms with Crippen LogP contribution in [0.15, 0.2) is 48.5 Å². The largest absolute Gasteiger partial charge is 0.352 e. The van der Waals surface area contributed by atoms with Gasteiger partial charge in [0.1, 0.15) is 0 Å². The molecule has 1 aliphatic heterocycles. The van der Waals surface area contributed by atoms with E-state index < -0.39 is 0 Å². The van der Waals surface area contributed by atoms with Gasteiger partial charge in [0.2, 0.25) is 0 Å². The Morgan fingerprint density at radius 1 is 0.839 bits per heavy atom. The minimum atomic E-state index is -0.0514. The molecule has 3 aromatic rings. The highest BCUT2D eigenvalue weighted by Gasteiger charge is 2.22. The number of urea groups is 1. The van der Waals surface area contributed by atoms with E-state index in [0.29, 0.717) is 13.1 Å². The predicted octanol–water partition coefficient (Wildman–Crippen LogP) is 4.73. The number of nitrogens with one attached hydrogen (secondary N) is 1. The van der Waals surface area contributed by atoms with E-state index in [-0.39, 0.29) is 6.03 Å². The Bertz CT molecular complexity index is 1090. The summed E-state index contributed by atoms with van der Waals surface area (Å²) in [4.78, 5) is 16.7. The fraction of sp³-hybridized carbons (Fsp3) is 0.320. The average molecular weight is 416 g/mol. The summed E-state index contributed by atoms with van der Waals surface area (Å²) in [5.41, 5.74) is 7.62. The number of nitrogens with zero attached hydrogens (tertiary/aromatic N) is 4. The maximum Gasteiger partial charge on any atom is 0.321 e. The number of hydrogen-bond acceptors (Lipinski definition) is 4. The molecule has 2 heterocycles. The second kappa shape index (κ2) is 8.76. The molecule has 1 N–H and O–H groups in total. The van der Waals surface area contributed by atoms with Gasteiger partial charge >= 0.3 is 6.03 Å². The molecule has 0 saturated carbocycles. The van der Waals surface area contributed by atoms with Gasteiger partial charge in [-0.2, -0.15) is 0 Å². The van der Waals surface area contributed by atoms with E-state index in [4.69, 9.17) is 0 Å². The van der Waals surface area contributed by atoms with Gasteiger partial charge in [0.25, 0.3) is 0 Å². The first-order chi connectivity index (χ1) is 14.9. The fourth-order valence-corrected chi connectivity index (χ4v) is 3.77. The summed E-state index contributed by atoms with van der Waals surface area (Å²) in [6.45, 7) is 11.1. The van der Waals surface area contributed by atoms with Crippen LogP contribution in [-0.4, -0.2) is 47.3 Å². The first-order valence-corrected chi connectivity index (χ1v) is 10.7. The van der Waals surface area contributed by atoms with Gasteiger partial charge in [-0.25, -0.2) is 4.79 Å². The molecule has 1 aliphatic rings. The standard InChI is InChI=1S/C25H29N5O/c1-17-8-9-21(16-19(17)3)23-10-11-24(28-27-23)29-12-14-30(15-13-29)25(31)26-22-7-5-6-18(2)20(22)4/h5-11,16H,12-15H2,1-4H3,(H,26,31). The Labute approximate surface area is 183 Å². The van der Waals surface area contributed by atoms with Gasteiger partial charge in [-0.15, -0.1) is 10.2 Å². The van der Waals surface area contributed by atoms with Crippen molar-refractivity contribution in [2.24, 2.45) is 0 Å². The van der Waals surface area contributed by atoms with Crippen molar-refractivity contribution < 1.29 is 4.79 Å². The quantitative estimate of drug-likeness (QED) is 0.672. The fourth-order valence-electron chi connectivity index (χ4n) is 3.77. The van der Waals surface area contributed by atoms with E-state index in [0.717, 1.165) is 41.4 Å². The third-order valence-corrected chi connectivity index (χ3v) is 6.19. The molecule has 0 unspecified atom stereocenters. The Morgan fingerprint density at radius 3 is 2.29 bits per heavy atom. The van der Waals surface area contributed by atoms with Crippen LogP contribution in [0.3, 0.4) is 0 Å². The van der Waals surface area contributed by atoms with Crippen molar-refractivity contribution in [3.63, 3.8) is 0 Å². The number of rotatable bonds is 3. The highest BCUT2D eigenvalue weighted by molar-refractivity contribution is 5.90. The molecule has 6 nitrogen and oxygen atoms in total. The molecule has 160 valence electrons. The number of carbonyl (C=O) groups is 1. The average Bonchev–Trinajstić information content (AvgIpc) is 2.79. The van der Waals surface area contributed by atoms with Gasteiger partial charge < -0.3 is 15.1 Å². The SMILES string of the molecule is Cc1ccc(-c2ccc(N3CCN(C(=O)Nc4cccc(C)c4C)CC3)nn2)cc1C. The molecular weight excluding hydrogens is 386 g/mol. The van der Waals surface area contributed by atoms with Crippen molar-refractivity contribution in [1.82, 2.24) is 15.1 Å². The van der Waals surface area contributed by atoms with Gasteiger partial charge in [0.05, 0.1) is 5.69 Å². The van der Waals surface area contributed by atoms with Crippen molar-refractivity contribution in [2.75, 3.05) is 36.4 Å². The summed E-state index contributed by atoms with van der Waals surface area (Å²) in [7, 11) is 0. The lowest BCUT2D eigenvalue weighted by Gasteiger charge is -2.35. The number of aromatic nitrogens is 2. The Hall–Kier alpha value is -3.41. The number of aryl methyl sites for hydroxylation is 3. The Balaban J connectivity index is 1.36. The van der Waals surface area contributed by atoms with Crippen LogP contribution in [0.4, 0.5) is 16.3 Å². The maximum absolute atomic E-state index is 12.7. The van der Waals surface area contributed by atoms with E-state index in [9.17, 15) is 4.79 Å². The summed E-state index contributed by atoms with van der Waals surface area (Å²) in [5, 5.41) is 11.9. The Morgan fingerprint density at radius 2 is 1.61 bits per heavy atom. The number of amides is 2. The molecule has 1 fully saturated rings. The van der Waals surface area contributed by atoms with Crippen LogP contribution in [0, 0.1) is 27.7 Å². The molecule has 0 radical (unpaired) electrons. The van der Waals surface area contributed by atoms with Gasteiger partial charge in [0, 0.05) is 37.4 Å². The zero-order valence-corrected chi connectivity index (χ0v) is 18.6. The van der Waals surface area contributed by atoms with E-state index in [1.165, 1.54) is 16.7 Å². The summed E-state index contributed by atoms with van der Waals surface area (Å²) in [5.74, 6) is 0.849. The lowest BCUT2D eigenvalue weighted by Crippen LogP contribution is -2.50. The van der Waals surface area contributed by atoms with E-state index in [2.05, 4.69) is 65.5 Å². The molecule has 4 rings (SSSR count). The van der Waals surface area contributed by atoms with Gasteiger partial charge in [-0.3, -0.25) is 0 Å². The van der Waals surface area contributed by atoms with Crippen LogP contribution in [0.2, 0.25) is 0 Å². The van der Waals surface area contributed by atoms with Crippen LogP contribution < -0.4 is 10.2 Å². The van der Waals surface area contributed by atoms with E-state index in [1.807, 2.05) is 36.1 Å². The maximum atomic E-state index is 12.7. The molecular formula is C25H29N5O. The van der Waals surface area contributed by atoms with Gasteiger partial charge in [-0.05, 0) is 74.2 Å². The van der Waals surface area contributed by atoms with Crippen molar-refractivity contribution in [2.45, 2.75) is 27.7 Å². The first-order valence-electron chi connectivity index (χ1n) is 10.7. The lowest BCUT2D eigenvalue weighted by molar-refractivity contribution is 0.208. The van der Waals surface area contributed by atoms with E-state index in [1.54, 1.807) is 0 Å². The normalized spacial score (nSPS) is 13.9. The summed E-state index contributed by atoms with van der Waals surface area (Å²) >= 11 is 0. The van der Waals surface area contributed by atoms with Crippen LogP contribution in [0.25, 0.3) is 11.3 Å². The minimum absolute atomic E-state index is 0.0514. The molecule has 0 spiro atoms. The van der Waals surface area contributed by atoms with Crippen molar-refractivity contribution >= 4 is 17.5 Å². The zero-order chi connectivity index (χ0) is 22.0.